The highest BCUT2D eigenvalue weighted by Crippen LogP contribution is 2.24. The fraction of sp³-hybridized carbons (Fsp3) is 0.0769. The Morgan fingerprint density at radius 3 is 2.95 bits per heavy atom. The van der Waals surface area contributed by atoms with Gasteiger partial charge in [-0.3, -0.25) is 0 Å². The van der Waals surface area contributed by atoms with Crippen molar-refractivity contribution in [3.63, 3.8) is 0 Å². The summed E-state index contributed by atoms with van der Waals surface area (Å²) in [5, 5.41) is 26.4. The van der Waals surface area contributed by atoms with Crippen molar-refractivity contribution in [3.8, 4) is 17.1 Å². The molecular formula is C13H11FN6O. The molecule has 0 atom stereocenters. The molecule has 3 rings (SSSR count). The number of aromatic amines is 1. The summed E-state index contributed by atoms with van der Waals surface area (Å²) in [7, 11) is 0. The van der Waals surface area contributed by atoms with Crippen molar-refractivity contribution in [3.05, 3.63) is 47.9 Å². The highest BCUT2D eigenvalue weighted by Gasteiger charge is 2.10. The molecule has 7 nitrogen and oxygen atoms in total. The van der Waals surface area contributed by atoms with E-state index in [1.807, 2.05) is 0 Å². The standard InChI is InChI=1S/C13H11FN6O/c14-9-4-3-8(11(21)6-9)7-16-12-10(2-1-5-15-12)13-17-19-20-18-13/h1-6,21H,7H2,(H,15,16)(H,17,18,19,20). The summed E-state index contributed by atoms with van der Waals surface area (Å²) in [5.74, 6) is 0.359. The van der Waals surface area contributed by atoms with Gasteiger partial charge in [-0.05, 0) is 23.4 Å². The Morgan fingerprint density at radius 2 is 2.19 bits per heavy atom. The Hall–Kier alpha value is -3.03. The van der Waals surface area contributed by atoms with E-state index in [9.17, 15) is 9.50 Å². The molecule has 0 spiro atoms. The van der Waals surface area contributed by atoms with Gasteiger partial charge in [0.15, 0.2) is 0 Å². The molecule has 0 radical (unpaired) electrons. The number of anilines is 1. The SMILES string of the molecule is Oc1cc(F)ccc1CNc1ncccc1-c1nn[nH]n1. The van der Waals surface area contributed by atoms with Crippen LogP contribution in [0.5, 0.6) is 5.75 Å². The van der Waals surface area contributed by atoms with Crippen LogP contribution in [0.15, 0.2) is 36.5 Å². The zero-order valence-corrected chi connectivity index (χ0v) is 10.8. The van der Waals surface area contributed by atoms with Crippen LogP contribution in [0, 0.1) is 5.82 Å². The minimum Gasteiger partial charge on any atom is -0.507 e. The van der Waals surface area contributed by atoms with Crippen LogP contribution >= 0.6 is 0 Å². The van der Waals surface area contributed by atoms with Crippen LogP contribution in [0.3, 0.4) is 0 Å². The summed E-state index contributed by atoms with van der Waals surface area (Å²) in [4.78, 5) is 4.21. The highest BCUT2D eigenvalue weighted by atomic mass is 19.1. The van der Waals surface area contributed by atoms with Crippen LogP contribution in [0.4, 0.5) is 10.2 Å². The molecule has 0 saturated heterocycles. The van der Waals surface area contributed by atoms with Crippen molar-refractivity contribution in [1.82, 2.24) is 25.6 Å². The van der Waals surface area contributed by atoms with Crippen molar-refractivity contribution in [2.75, 3.05) is 5.32 Å². The first kappa shape index (κ1) is 13.0. The van der Waals surface area contributed by atoms with E-state index in [2.05, 4.69) is 30.9 Å². The first-order chi connectivity index (χ1) is 10.2. The number of aromatic hydroxyl groups is 1. The molecule has 106 valence electrons. The summed E-state index contributed by atoms with van der Waals surface area (Å²) in [6.45, 7) is 0.286. The molecule has 3 N–H and O–H groups in total. The average molecular weight is 286 g/mol. The third-order valence-corrected chi connectivity index (χ3v) is 2.89. The first-order valence-electron chi connectivity index (χ1n) is 6.14. The van der Waals surface area contributed by atoms with Gasteiger partial charge in [0.2, 0.25) is 5.82 Å². The molecule has 2 aromatic heterocycles. The summed E-state index contributed by atoms with van der Waals surface area (Å²) in [6.07, 6.45) is 1.62. The predicted molar refractivity (Wildman–Crippen MR) is 72.8 cm³/mol. The van der Waals surface area contributed by atoms with Crippen molar-refractivity contribution in [1.29, 1.82) is 0 Å². The number of pyridine rings is 1. The van der Waals surface area contributed by atoms with Gasteiger partial charge < -0.3 is 10.4 Å². The van der Waals surface area contributed by atoms with Gasteiger partial charge in [-0.25, -0.2) is 9.37 Å². The molecule has 3 aromatic rings. The maximum absolute atomic E-state index is 12.9. The predicted octanol–water partition coefficient (Wildman–Crippen LogP) is 1.72. The number of benzene rings is 1. The minimum atomic E-state index is -0.485. The van der Waals surface area contributed by atoms with Gasteiger partial charge >= 0.3 is 0 Å². The Balaban J connectivity index is 1.83. The van der Waals surface area contributed by atoms with E-state index in [4.69, 9.17) is 0 Å². The van der Waals surface area contributed by atoms with Gasteiger partial charge in [0.25, 0.3) is 0 Å². The molecule has 2 heterocycles. The van der Waals surface area contributed by atoms with E-state index in [0.717, 1.165) is 6.07 Å². The molecule has 0 saturated carbocycles. The van der Waals surface area contributed by atoms with Crippen LogP contribution in [0.1, 0.15) is 5.56 Å². The normalized spacial score (nSPS) is 10.5. The second-order valence-corrected chi connectivity index (χ2v) is 4.26. The van der Waals surface area contributed by atoms with E-state index in [1.54, 1.807) is 18.3 Å². The number of rotatable bonds is 4. The Morgan fingerprint density at radius 1 is 1.29 bits per heavy atom. The summed E-state index contributed by atoms with van der Waals surface area (Å²) >= 11 is 0. The van der Waals surface area contributed by atoms with Crippen LogP contribution in [-0.2, 0) is 6.54 Å². The lowest BCUT2D eigenvalue weighted by atomic mass is 10.2. The van der Waals surface area contributed by atoms with Crippen molar-refractivity contribution >= 4 is 5.82 Å². The first-order valence-corrected chi connectivity index (χ1v) is 6.14. The number of H-pyrrole nitrogens is 1. The van der Waals surface area contributed by atoms with Gasteiger partial charge in [0, 0.05) is 24.4 Å². The summed E-state index contributed by atoms with van der Waals surface area (Å²) < 4.78 is 12.9. The van der Waals surface area contributed by atoms with Crippen LogP contribution < -0.4 is 5.32 Å². The fourth-order valence-electron chi connectivity index (χ4n) is 1.87. The largest absolute Gasteiger partial charge is 0.507 e. The van der Waals surface area contributed by atoms with Gasteiger partial charge in [0.1, 0.15) is 17.4 Å². The molecule has 0 aliphatic rings. The number of nitrogens with zero attached hydrogens (tertiary/aromatic N) is 4. The number of halogens is 1. The number of phenolic OH excluding ortho intramolecular Hbond substituents is 1. The molecular weight excluding hydrogens is 275 g/mol. The van der Waals surface area contributed by atoms with Gasteiger partial charge in [0.05, 0.1) is 5.56 Å². The van der Waals surface area contributed by atoms with Gasteiger partial charge in [-0.2, -0.15) is 5.21 Å². The van der Waals surface area contributed by atoms with E-state index in [-0.39, 0.29) is 12.3 Å². The summed E-state index contributed by atoms with van der Waals surface area (Å²) in [5.41, 5.74) is 1.23. The van der Waals surface area contributed by atoms with Crippen LogP contribution in [0.2, 0.25) is 0 Å². The third kappa shape index (κ3) is 2.78. The van der Waals surface area contributed by atoms with Crippen LogP contribution in [0.25, 0.3) is 11.4 Å². The van der Waals surface area contributed by atoms with E-state index < -0.39 is 5.82 Å². The number of nitrogens with one attached hydrogen (secondary N) is 2. The minimum absolute atomic E-state index is 0.112. The lowest BCUT2D eigenvalue weighted by molar-refractivity contribution is 0.463. The maximum atomic E-state index is 12.9. The van der Waals surface area contributed by atoms with Gasteiger partial charge in [-0.15, -0.1) is 10.2 Å². The van der Waals surface area contributed by atoms with Crippen molar-refractivity contribution in [2.24, 2.45) is 0 Å². The third-order valence-electron chi connectivity index (χ3n) is 2.89. The average Bonchev–Trinajstić information content (AvgIpc) is 3.01. The lowest BCUT2D eigenvalue weighted by Gasteiger charge is -2.09. The molecule has 21 heavy (non-hydrogen) atoms. The molecule has 0 aliphatic carbocycles. The molecule has 0 fully saturated rings. The fourth-order valence-corrected chi connectivity index (χ4v) is 1.87. The second kappa shape index (κ2) is 5.53. The van der Waals surface area contributed by atoms with Crippen LogP contribution in [-0.4, -0.2) is 30.7 Å². The molecule has 0 bridgehead atoms. The lowest BCUT2D eigenvalue weighted by Crippen LogP contribution is -2.03. The quantitative estimate of drug-likeness (QED) is 0.675. The zero-order chi connectivity index (χ0) is 14.7. The number of hydrogen-bond acceptors (Lipinski definition) is 6. The molecule has 0 aliphatic heterocycles. The smallest absolute Gasteiger partial charge is 0.208 e. The Labute approximate surface area is 118 Å². The number of phenols is 1. The molecule has 1 aromatic carbocycles. The summed E-state index contributed by atoms with van der Waals surface area (Å²) in [6, 6.07) is 7.41. The van der Waals surface area contributed by atoms with Gasteiger partial charge in [-0.1, -0.05) is 6.07 Å². The topological polar surface area (TPSA) is 99.6 Å². The zero-order valence-electron chi connectivity index (χ0n) is 10.8. The number of hydrogen-bond donors (Lipinski definition) is 3. The molecule has 0 unspecified atom stereocenters. The van der Waals surface area contributed by atoms with E-state index in [1.165, 1.54) is 12.1 Å². The van der Waals surface area contributed by atoms with Crippen molar-refractivity contribution in [2.45, 2.75) is 6.54 Å². The van der Waals surface area contributed by atoms with E-state index in [0.29, 0.717) is 22.8 Å². The molecule has 8 heteroatoms. The molecule has 0 amide bonds. The second-order valence-electron chi connectivity index (χ2n) is 4.26. The Bertz CT molecular complexity index is 746. The monoisotopic (exact) mass is 286 g/mol. The highest BCUT2D eigenvalue weighted by molar-refractivity contribution is 5.69. The van der Waals surface area contributed by atoms with E-state index >= 15 is 0 Å². The number of aromatic nitrogens is 5. The number of tetrazole rings is 1. The maximum Gasteiger partial charge on any atom is 0.208 e. The Kier molecular flexibility index (Phi) is 3.42. The van der Waals surface area contributed by atoms with Crippen molar-refractivity contribution < 1.29 is 9.50 Å².